The first kappa shape index (κ1) is 15.2. The predicted octanol–water partition coefficient (Wildman–Crippen LogP) is -2.78. The molecule has 0 saturated carbocycles. The van der Waals surface area contributed by atoms with E-state index in [2.05, 4.69) is 43.3 Å². The molecule has 1 aliphatic rings. The van der Waals surface area contributed by atoms with Crippen LogP contribution in [0.3, 0.4) is 0 Å². The molecule has 0 nitrogen and oxygen atoms in total. The average molecular weight is 405 g/mol. The largest absolute Gasteiger partial charge is 1.00 e. The summed E-state index contributed by atoms with van der Waals surface area (Å²) >= 11 is 1.19. The van der Waals surface area contributed by atoms with Gasteiger partial charge in [0.25, 0.3) is 0 Å². The molecule has 0 atom stereocenters. The van der Waals surface area contributed by atoms with Gasteiger partial charge in [-0.15, -0.1) is 0 Å². The van der Waals surface area contributed by atoms with Gasteiger partial charge in [-0.3, -0.25) is 0 Å². The average Bonchev–Trinajstić information content (AvgIpc) is 2.51. The van der Waals surface area contributed by atoms with Gasteiger partial charge in [-0.2, -0.15) is 0 Å². The summed E-state index contributed by atoms with van der Waals surface area (Å²) in [5.41, 5.74) is 4.20. The second kappa shape index (κ2) is 6.67. The monoisotopic (exact) mass is 405 g/mol. The normalized spacial score (nSPS) is 13.5. The van der Waals surface area contributed by atoms with E-state index < -0.39 is 0 Å². The van der Waals surface area contributed by atoms with Crippen LogP contribution in [0.1, 0.15) is 17.5 Å². The molecule has 0 aromatic heterocycles. The second-order valence-electron chi connectivity index (χ2n) is 3.37. The van der Waals surface area contributed by atoms with Crippen molar-refractivity contribution in [2.24, 2.45) is 0 Å². The van der Waals surface area contributed by atoms with Gasteiger partial charge in [0.1, 0.15) is 0 Å². The Kier molecular flexibility index (Phi) is 6.74. The molecular weight excluding hydrogens is 394 g/mol. The Morgan fingerprint density at radius 1 is 1.20 bits per heavy atom. The topological polar surface area (TPSA) is 0 Å². The van der Waals surface area contributed by atoms with Crippen molar-refractivity contribution in [3.8, 4) is 0 Å². The summed E-state index contributed by atoms with van der Waals surface area (Å²) in [6.45, 7) is 2.15. The first-order valence-corrected chi connectivity index (χ1v) is 6.25. The van der Waals surface area contributed by atoms with Crippen LogP contribution < -0.4 is 24.8 Å². The van der Waals surface area contributed by atoms with Crippen LogP contribution in [0.4, 0.5) is 0 Å². The van der Waals surface area contributed by atoms with E-state index >= 15 is 0 Å². The summed E-state index contributed by atoms with van der Waals surface area (Å²) in [5, 5.41) is 0. The molecule has 0 heterocycles. The van der Waals surface area contributed by atoms with Gasteiger partial charge in [-0.25, -0.2) is 0 Å². The molecule has 1 aliphatic carbocycles. The molecule has 2 rings (SSSR count). The van der Waals surface area contributed by atoms with Crippen LogP contribution >= 0.6 is 0 Å². The molecule has 0 unspecified atom stereocenters. The van der Waals surface area contributed by atoms with Crippen molar-refractivity contribution in [2.45, 2.75) is 13.3 Å². The Bertz CT molecular complexity index is 394. The number of hydrogen-bond donors (Lipinski definition) is 0. The number of aryl methyl sites for hydroxylation is 1. The second-order valence-corrected chi connectivity index (χ2v) is 5.54. The SMILES string of the molecule is Cc1cccc(C2=[C]([Hf+2])CC=C2)c1.[Cl-].[Cl-]. The minimum Gasteiger partial charge on any atom is -1.00 e. The fourth-order valence-corrected chi connectivity index (χ4v) is 2.83. The molecular formula is C12H11Cl2Hf. The Labute approximate surface area is 118 Å². The number of halogens is 2. The molecule has 15 heavy (non-hydrogen) atoms. The summed E-state index contributed by atoms with van der Waals surface area (Å²) < 4.78 is 1.62. The van der Waals surface area contributed by atoms with E-state index in [0.29, 0.717) is 0 Å². The first-order chi connectivity index (χ1) is 6.27. The molecule has 0 amide bonds. The number of allylic oxidation sites excluding steroid dienone is 4. The van der Waals surface area contributed by atoms with Gasteiger partial charge in [0, 0.05) is 0 Å². The molecule has 0 spiro atoms. The molecule has 3 heteroatoms. The fraction of sp³-hybridized carbons (Fsp3) is 0.167. The third-order valence-electron chi connectivity index (χ3n) is 2.26. The van der Waals surface area contributed by atoms with Crippen LogP contribution in [0.25, 0.3) is 5.57 Å². The Hall–Kier alpha value is 0.150. The molecule has 0 N–H and O–H groups in total. The molecule has 1 aromatic rings. The third-order valence-corrected chi connectivity index (χ3v) is 3.96. The number of hydrogen-bond acceptors (Lipinski definition) is 0. The summed E-state index contributed by atoms with van der Waals surface area (Å²) in [7, 11) is 0. The molecule has 1 aromatic carbocycles. The standard InChI is InChI=1S/C12H11.2ClH.Hf/c1-10-5-4-8-12(9-10)11-6-2-3-7-11;;;/h2,4-6,8-9H,3H2,1H3;2*1H;/q;;;+2/p-2. The minimum absolute atomic E-state index is 0. The van der Waals surface area contributed by atoms with E-state index in [-0.39, 0.29) is 24.8 Å². The van der Waals surface area contributed by atoms with Crippen molar-refractivity contribution < 1.29 is 49.2 Å². The Balaban J connectivity index is 0.000000980. The Morgan fingerprint density at radius 3 is 2.47 bits per heavy atom. The van der Waals surface area contributed by atoms with E-state index in [1.807, 2.05) is 0 Å². The molecule has 0 radical (unpaired) electrons. The van der Waals surface area contributed by atoms with E-state index in [4.69, 9.17) is 0 Å². The molecule has 0 aliphatic heterocycles. The van der Waals surface area contributed by atoms with Crippen molar-refractivity contribution in [3.05, 3.63) is 50.9 Å². The molecule has 0 saturated heterocycles. The minimum atomic E-state index is 0. The molecule has 77 valence electrons. The van der Waals surface area contributed by atoms with Gasteiger partial charge in [-0.05, 0) is 0 Å². The van der Waals surface area contributed by atoms with Crippen molar-refractivity contribution >= 4 is 5.57 Å². The van der Waals surface area contributed by atoms with Gasteiger partial charge in [0.2, 0.25) is 0 Å². The fourth-order valence-electron chi connectivity index (χ4n) is 1.59. The van der Waals surface area contributed by atoms with Crippen LogP contribution in [0.15, 0.2) is 39.7 Å². The van der Waals surface area contributed by atoms with Crippen LogP contribution in [-0.4, -0.2) is 0 Å². The van der Waals surface area contributed by atoms with E-state index in [9.17, 15) is 0 Å². The maximum Gasteiger partial charge on any atom is -1.00 e. The van der Waals surface area contributed by atoms with Crippen molar-refractivity contribution in [3.63, 3.8) is 0 Å². The van der Waals surface area contributed by atoms with Gasteiger partial charge >= 0.3 is 94.2 Å². The predicted molar refractivity (Wildman–Crippen MR) is 51.9 cm³/mol. The van der Waals surface area contributed by atoms with E-state index in [1.165, 1.54) is 47.5 Å². The third kappa shape index (κ3) is 3.58. The van der Waals surface area contributed by atoms with Crippen molar-refractivity contribution in [1.82, 2.24) is 0 Å². The quantitative estimate of drug-likeness (QED) is 0.445. The first-order valence-electron chi connectivity index (χ1n) is 4.46. The molecule has 0 bridgehead atoms. The number of rotatable bonds is 1. The Morgan fingerprint density at radius 2 is 1.93 bits per heavy atom. The van der Waals surface area contributed by atoms with Crippen LogP contribution in [0.2, 0.25) is 0 Å². The van der Waals surface area contributed by atoms with E-state index in [0.717, 1.165) is 0 Å². The van der Waals surface area contributed by atoms with Gasteiger partial charge in [0.15, 0.2) is 0 Å². The van der Waals surface area contributed by atoms with Gasteiger partial charge < -0.3 is 24.8 Å². The van der Waals surface area contributed by atoms with Crippen LogP contribution in [0.5, 0.6) is 0 Å². The van der Waals surface area contributed by atoms with E-state index in [1.54, 1.807) is 3.33 Å². The van der Waals surface area contributed by atoms with Crippen LogP contribution in [-0.2, 0) is 24.4 Å². The van der Waals surface area contributed by atoms with Crippen molar-refractivity contribution in [1.29, 1.82) is 0 Å². The zero-order valence-electron chi connectivity index (χ0n) is 8.43. The van der Waals surface area contributed by atoms with Crippen molar-refractivity contribution in [2.75, 3.05) is 0 Å². The van der Waals surface area contributed by atoms with Crippen LogP contribution in [0, 0.1) is 6.92 Å². The molecule has 0 fully saturated rings. The summed E-state index contributed by atoms with van der Waals surface area (Å²) in [6.07, 6.45) is 5.70. The number of benzene rings is 1. The maximum atomic E-state index is 2.27. The van der Waals surface area contributed by atoms with Gasteiger partial charge in [0.05, 0.1) is 0 Å². The summed E-state index contributed by atoms with van der Waals surface area (Å²) in [6, 6.07) is 8.76. The summed E-state index contributed by atoms with van der Waals surface area (Å²) in [4.78, 5) is 0. The zero-order valence-corrected chi connectivity index (χ0v) is 13.5. The smallest absolute Gasteiger partial charge is 1.00 e. The van der Waals surface area contributed by atoms with Gasteiger partial charge in [-0.1, -0.05) is 0 Å². The maximum absolute atomic E-state index is 2.27. The summed E-state index contributed by atoms with van der Waals surface area (Å²) in [5.74, 6) is 0. The zero-order chi connectivity index (χ0) is 9.26.